The summed E-state index contributed by atoms with van der Waals surface area (Å²) < 4.78 is 31.5. The van der Waals surface area contributed by atoms with Crippen LogP contribution in [-0.4, -0.2) is 36.8 Å². The average Bonchev–Trinajstić information content (AvgIpc) is 2.60. The molecule has 0 spiro atoms. The molecule has 0 bridgehead atoms. The number of azo groups is 1. The molecule has 28 heavy (non-hydrogen) atoms. The number of halogens is 1. The zero-order valence-electron chi connectivity index (χ0n) is 15.8. The van der Waals surface area contributed by atoms with Gasteiger partial charge in [-0.25, -0.2) is 4.98 Å². The summed E-state index contributed by atoms with van der Waals surface area (Å²) in [5.41, 5.74) is 9.60. The first-order valence-electron chi connectivity index (χ1n) is 8.37. The van der Waals surface area contributed by atoms with Crippen LogP contribution >= 0.6 is 15.9 Å². The van der Waals surface area contributed by atoms with Crippen LogP contribution < -0.4 is 34.5 Å². The molecule has 146 valence electrons. The summed E-state index contributed by atoms with van der Waals surface area (Å²) in [5, 5.41) is 8.11. The molecule has 1 heterocycles. The molecule has 0 aliphatic heterocycles. The minimum Gasteiger partial charge on any atom is -0.697 e. The molecule has 0 atom stereocenters. The van der Waals surface area contributed by atoms with Gasteiger partial charge in [0, 0.05) is 29.4 Å². The van der Waals surface area contributed by atoms with Crippen molar-refractivity contribution in [3.63, 3.8) is 0 Å². The van der Waals surface area contributed by atoms with Crippen LogP contribution in [0.4, 0.5) is 22.9 Å². The Morgan fingerprint density at radius 1 is 1.21 bits per heavy atom. The van der Waals surface area contributed by atoms with E-state index in [1.165, 1.54) is 0 Å². The number of hydrogen-bond acceptors (Lipinski definition) is 6. The van der Waals surface area contributed by atoms with Crippen LogP contribution in [0.1, 0.15) is 19.8 Å². The molecular weight excluding hydrogens is 457 g/mol. The van der Waals surface area contributed by atoms with Crippen LogP contribution in [0.25, 0.3) is 5.73 Å². The fourth-order valence-corrected chi connectivity index (χ4v) is 3.15. The monoisotopic (exact) mass is 477 g/mol. The van der Waals surface area contributed by atoms with E-state index in [0.717, 1.165) is 16.6 Å². The van der Waals surface area contributed by atoms with Crippen molar-refractivity contribution in [1.29, 1.82) is 0 Å². The molecule has 0 radical (unpaired) electrons. The van der Waals surface area contributed by atoms with E-state index >= 15 is 0 Å². The third-order valence-electron chi connectivity index (χ3n) is 3.64. The minimum atomic E-state index is -3.97. The Hall–Kier alpha value is -1.04. The van der Waals surface area contributed by atoms with Gasteiger partial charge in [-0.3, -0.25) is 4.55 Å². The summed E-state index contributed by atoms with van der Waals surface area (Å²) in [4.78, 5) is 6.09. The normalized spacial score (nSPS) is 11.4. The van der Waals surface area contributed by atoms with Gasteiger partial charge in [-0.2, -0.15) is 13.5 Å². The first-order chi connectivity index (χ1) is 12.8. The summed E-state index contributed by atoms with van der Waals surface area (Å²) in [5.74, 6) is 0.160. The first kappa shape index (κ1) is 25.0. The van der Waals surface area contributed by atoms with Gasteiger partial charge in [0.1, 0.15) is 0 Å². The molecule has 11 heteroatoms. The van der Waals surface area contributed by atoms with Crippen LogP contribution in [0, 0.1) is 0 Å². The number of rotatable bonds is 9. The fourth-order valence-electron chi connectivity index (χ4n) is 2.42. The number of pyridine rings is 1. The van der Waals surface area contributed by atoms with Gasteiger partial charge in [-0.05, 0) is 53.0 Å². The second-order valence-electron chi connectivity index (χ2n) is 5.86. The molecule has 2 rings (SSSR count). The Morgan fingerprint density at radius 2 is 1.96 bits per heavy atom. The number of anilines is 1. The molecule has 0 saturated heterocycles. The summed E-state index contributed by atoms with van der Waals surface area (Å²) in [7, 11) is -3.97. The Labute approximate surface area is 195 Å². The van der Waals surface area contributed by atoms with Crippen LogP contribution in [0.3, 0.4) is 0 Å². The minimum absolute atomic E-state index is 0. The Bertz CT molecular complexity index is 894. The molecule has 0 unspecified atom stereocenters. The van der Waals surface area contributed by atoms with Crippen molar-refractivity contribution in [2.45, 2.75) is 19.8 Å². The number of benzene rings is 1. The Balaban J connectivity index is 0.00000392. The van der Waals surface area contributed by atoms with Crippen molar-refractivity contribution in [2.24, 2.45) is 10.2 Å². The first-order valence-corrected chi connectivity index (χ1v) is 10.8. The molecule has 1 aromatic carbocycles. The van der Waals surface area contributed by atoms with Crippen molar-refractivity contribution in [3.05, 3.63) is 46.7 Å². The summed E-state index contributed by atoms with van der Waals surface area (Å²) in [6.07, 6.45) is 2.80. The van der Waals surface area contributed by atoms with Gasteiger partial charge < -0.3 is 10.6 Å². The number of nitrogens with one attached hydrogen (secondary N) is 1. The Kier molecular flexibility index (Phi) is 10.6. The molecule has 0 fully saturated rings. The molecule has 0 aliphatic rings. The zero-order chi connectivity index (χ0) is 19.9. The second-order valence-corrected chi connectivity index (χ2v) is 8.35. The van der Waals surface area contributed by atoms with Crippen molar-refractivity contribution in [2.75, 3.05) is 23.7 Å². The maximum atomic E-state index is 10.9. The van der Waals surface area contributed by atoms with Gasteiger partial charge in [0.15, 0.2) is 5.82 Å². The molecule has 1 aromatic heterocycles. The second kappa shape index (κ2) is 11.8. The van der Waals surface area contributed by atoms with Crippen molar-refractivity contribution in [1.82, 2.24) is 4.98 Å². The molecular formula is C17H21BrN5NaO3S. The van der Waals surface area contributed by atoms with E-state index < -0.39 is 10.1 Å². The van der Waals surface area contributed by atoms with Crippen LogP contribution in [-0.2, 0) is 10.1 Å². The Morgan fingerprint density at radius 3 is 2.54 bits per heavy atom. The number of nitrogens with zero attached hydrogens (tertiary/aromatic N) is 4. The van der Waals surface area contributed by atoms with Gasteiger partial charge in [0.05, 0.1) is 11.4 Å². The molecule has 2 N–H and O–H groups in total. The molecule has 8 nitrogen and oxygen atoms in total. The smallest absolute Gasteiger partial charge is 0.697 e. The maximum Gasteiger partial charge on any atom is 1.00 e. The van der Waals surface area contributed by atoms with Crippen molar-refractivity contribution < 1.29 is 42.5 Å². The van der Waals surface area contributed by atoms with Gasteiger partial charge in [-0.1, -0.05) is 13.0 Å². The average molecular weight is 478 g/mol. The van der Waals surface area contributed by atoms with Gasteiger partial charge in [0.2, 0.25) is 0 Å². The predicted molar refractivity (Wildman–Crippen MR) is 110 cm³/mol. The summed E-state index contributed by atoms with van der Waals surface area (Å²) in [6.45, 7) is 3.20. The van der Waals surface area contributed by atoms with Gasteiger partial charge >= 0.3 is 29.6 Å². The largest absolute Gasteiger partial charge is 1.00 e. The summed E-state index contributed by atoms with van der Waals surface area (Å²) in [6, 6.07) is 8.72. The maximum absolute atomic E-state index is 10.9. The van der Waals surface area contributed by atoms with Crippen LogP contribution in [0.2, 0.25) is 0 Å². The number of hydrogen-bond donors (Lipinski definition) is 1. The number of aromatic nitrogens is 1. The SMILES string of the molecule is CCCN(CCCS(=O)(=O)O)c1ccc(N=Nc2ccc(Br)cn2)c([NH-])c1.[Na+]. The third-order valence-corrected chi connectivity index (χ3v) is 4.91. The quantitative estimate of drug-likeness (QED) is 0.337. The van der Waals surface area contributed by atoms with E-state index in [1.807, 2.05) is 17.9 Å². The van der Waals surface area contributed by atoms with Gasteiger partial charge in [-0.15, -0.1) is 10.8 Å². The van der Waals surface area contributed by atoms with E-state index in [9.17, 15) is 8.42 Å². The molecule has 0 amide bonds. The van der Waals surface area contributed by atoms with Crippen molar-refractivity contribution in [3.8, 4) is 0 Å². The topological polar surface area (TPSA) is 119 Å². The summed E-state index contributed by atoms with van der Waals surface area (Å²) >= 11 is 3.30. The van der Waals surface area contributed by atoms with E-state index in [0.29, 0.717) is 31.0 Å². The van der Waals surface area contributed by atoms with E-state index in [2.05, 4.69) is 31.1 Å². The zero-order valence-corrected chi connectivity index (χ0v) is 20.2. The molecule has 0 aliphatic carbocycles. The van der Waals surface area contributed by atoms with Crippen LogP contribution in [0.15, 0.2) is 51.2 Å². The van der Waals surface area contributed by atoms with E-state index in [4.69, 9.17) is 10.3 Å². The van der Waals surface area contributed by atoms with Gasteiger partial charge in [0.25, 0.3) is 10.1 Å². The molecule has 0 saturated carbocycles. The van der Waals surface area contributed by atoms with E-state index in [-0.39, 0.29) is 41.0 Å². The van der Waals surface area contributed by atoms with E-state index in [1.54, 1.807) is 30.5 Å². The van der Waals surface area contributed by atoms with Crippen molar-refractivity contribution >= 4 is 48.9 Å². The fraction of sp³-hybridized carbons (Fsp3) is 0.353. The molecule has 2 aromatic rings. The predicted octanol–water partition coefficient (Wildman–Crippen LogP) is 2.44. The third kappa shape index (κ3) is 8.54. The standard InChI is InChI=1S/C17H21BrN5O3S.Na/c1-2-8-23(9-3-10-27(24,25)26)14-5-6-16(15(19)11-14)21-22-17-7-4-13(18)12-20-17;/h4-7,11-12,19H,2-3,8-10H2,1H3,(H,24,25,26);/q-1;+1. The van der Waals surface area contributed by atoms with Crippen LogP contribution in [0.5, 0.6) is 0 Å².